The summed E-state index contributed by atoms with van der Waals surface area (Å²) in [6.45, 7) is 2.22. The molecular weight excluding hydrogens is 330 g/mol. The molecule has 1 heterocycles. The van der Waals surface area contributed by atoms with Crippen LogP contribution >= 0.6 is 11.6 Å². The van der Waals surface area contributed by atoms with Gasteiger partial charge in [0.15, 0.2) is 0 Å². The molecule has 2 aromatic rings. The second-order valence-corrected chi connectivity index (χ2v) is 8.05. The lowest BCUT2D eigenvalue weighted by Crippen LogP contribution is -2.37. The number of benzene rings is 2. The highest BCUT2D eigenvalue weighted by Gasteiger charge is 2.34. The minimum absolute atomic E-state index is 0.278. The van der Waals surface area contributed by atoms with Crippen LogP contribution in [0.25, 0.3) is 0 Å². The highest BCUT2D eigenvalue weighted by atomic mass is 35.5. The zero-order chi connectivity index (χ0) is 16.4. The van der Waals surface area contributed by atoms with Crippen LogP contribution in [0.3, 0.4) is 0 Å². The van der Waals surface area contributed by atoms with Crippen molar-refractivity contribution >= 4 is 21.6 Å². The summed E-state index contributed by atoms with van der Waals surface area (Å²) in [5.74, 6) is 0. The average Bonchev–Trinajstić information content (AvgIpc) is 2.56. The molecule has 1 atom stereocenters. The van der Waals surface area contributed by atoms with Gasteiger partial charge in [0.05, 0.1) is 10.9 Å². The van der Waals surface area contributed by atoms with Crippen LogP contribution in [0.4, 0.5) is 0 Å². The highest BCUT2D eigenvalue weighted by Crippen LogP contribution is 2.36. The molecular formula is C18H18ClNO2S. The van der Waals surface area contributed by atoms with Crippen molar-refractivity contribution < 1.29 is 8.42 Å². The predicted octanol–water partition coefficient (Wildman–Crippen LogP) is 4.25. The Balaban J connectivity index is 2.03. The van der Waals surface area contributed by atoms with Crippen LogP contribution in [0.5, 0.6) is 0 Å². The lowest BCUT2D eigenvalue weighted by atomic mass is 10.0. The van der Waals surface area contributed by atoms with Gasteiger partial charge in [-0.1, -0.05) is 65.7 Å². The molecule has 0 saturated heterocycles. The average molecular weight is 348 g/mol. The molecule has 0 aromatic heterocycles. The van der Waals surface area contributed by atoms with Gasteiger partial charge in [-0.2, -0.15) is 4.31 Å². The second-order valence-electron chi connectivity index (χ2n) is 5.67. The van der Waals surface area contributed by atoms with Crippen LogP contribution in [0.2, 0.25) is 0 Å². The summed E-state index contributed by atoms with van der Waals surface area (Å²) in [7, 11) is -3.57. The number of hydrogen-bond acceptors (Lipinski definition) is 2. The Kier molecular flexibility index (Phi) is 4.57. The van der Waals surface area contributed by atoms with E-state index in [1.807, 2.05) is 49.4 Å². The molecule has 3 rings (SSSR count). The van der Waals surface area contributed by atoms with Crippen LogP contribution in [0, 0.1) is 6.92 Å². The maximum absolute atomic E-state index is 13.0. The molecule has 0 amide bonds. The van der Waals surface area contributed by atoms with Gasteiger partial charge in [-0.3, -0.25) is 0 Å². The first-order chi connectivity index (χ1) is 11.0. The van der Waals surface area contributed by atoms with E-state index >= 15 is 0 Å². The number of hydrogen-bond donors (Lipinski definition) is 0. The van der Waals surface area contributed by atoms with Gasteiger partial charge in [-0.25, -0.2) is 8.42 Å². The van der Waals surface area contributed by atoms with E-state index < -0.39 is 10.0 Å². The van der Waals surface area contributed by atoms with Crippen molar-refractivity contribution in [1.82, 2.24) is 4.31 Å². The van der Waals surface area contributed by atoms with Crippen molar-refractivity contribution in [2.45, 2.75) is 24.3 Å². The van der Waals surface area contributed by atoms with Crippen molar-refractivity contribution in [3.8, 4) is 0 Å². The Bertz CT molecular complexity index is 814. The van der Waals surface area contributed by atoms with E-state index in [1.165, 1.54) is 4.31 Å². The smallest absolute Gasteiger partial charge is 0.207 e. The molecule has 0 fully saturated rings. The molecule has 5 heteroatoms. The van der Waals surface area contributed by atoms with Crippen LogP contribution in [0.15, 0.2) is 70.6 Å². The van der Waals surface area contributed by atoms with Crippen molar-refractivity contribution in [2.24, 2.45) is 0 Å². The Labute approximate surface area is 142 Å². The molecule has 0 aliphatic carbocycles. The van der Waals surface area contributed by atoms with E-state index in [4.69, 9.17) is 11.6 Å². The molecule has 0 bridgehead atoms. The number of nitrogens with zero attached hydrogens (tertiary/aromatic N) is 1. The summed E-state index contributed by atoms with van der Waals surface area (Å²) in [6, 6.07) is 16.3. The van der Waals surface area contributed by atoms with Crippen molar-refractivity contribution in [3.05, 3.63) is 76.8 Å². The zero-order valence-electron chi connectivity index (χ0n) is 12.8. The maximum atomic E-state index is 13.0. The molecule has 120 valence electrons. The van der Waals surface area contributed by atoms with Crippen LogP contribution in [0.1, 0.15) is 23.6 Å². The summed E-state index contributed by atoms with van der Waals surface area (Å²) in [4.78, 5) is 0.315. The summed E-state index contributed by atoms with van der Waals surface area (Å²) in [6.07, 6.45) is 2.27. The number of halogens is 1. The molecule has 1 aliphatic heterocycles. The topological polar surface area (TPSA) is 37.4 Å². The lowest BCUT2D eigenvalue weighted by molar-refractivity contribution is 0.336. The zero-order valence-corrected chi connectivity index (χ0v) is 14.4. The van der Waals surface area contributed by atoms with Gasteiger partial charge in [-0.05, 0) is 24.6 Å². The SMILES string of the molecule is Cc1ccc(S(=O)(=O)N2CC=C(Cl)CC2c2ccccc2)cc1. The number of rotatable bonds is 3. The highest BCUT2D eigenvalue weighted by molar-refractivity contribution is 7.89. The third-order valence-corrected chi connectivity index (χ3v) is 6.24. The van der Waals surface area contributed by atoms with Crippen LogP contribution in [-0.2, 0) is 10.0 Å². The molecule has 0 N–H and O–H groups in total. The fourth-order valence-electron chi connectivity index (χ4n) is 2.76. The van der Waals surface area contributed by atoms with Crippen molar-refractivity contribution in [3.63, 3.8) is 0 Å². The first kappa shape index (κ1) is 16.2. The predicted molar refractivity (Wildman–Crippen MR) is 92.8 cm³/mol. The molecule has 1 unspecified atom stereocenters. The van der Waals surface area contributed by atoms with Crippen molar-refractivity contribution in [2.75, 3.05) is 6.54 Å². The van der Waals surface area contributed by atoms with Gasteiger partial charge in [-0.15, -0.1) is 0 Å². The molecule has 3 nitrogen and oxygen atoms in total. The summed E-state index contributed by atoms with van der Waals surface area (Å²) >= 11 is 6.18. The van der Waals surface area contributed by atoms with Crippen LogP contribution in [-0.4, -0.2) is 19.3 Å². The molecule has 2 aromatic carbocycles. The molecule has 0 saturated carbocycles. The first-order valence-corrected chi connectivity index (χ1v) is 9.28. The Morgan fingerprint density at radius 3 is 2.35 bits per heavy atom. The second kappa shape index (κ2) is 6.48. The third kappa shape index (κ3) is 3.34. The largest absolute Gasteiger partial charge is 0.243 e. The fourth-order valence-corrected chi connectivity index (χ4v) is 4.52. The normalized spacial score (nSPS) is 19.4. The monoisotopic (exact) mass is 347 g/mol. The summed E-state index contributed by atoms with van der Waals surface area (Å²) in [5.41, 5.74) is 1.99. The Morgan fingerprint density at radius 1 is 1.04 bits per heavy atom. The maximum Gasteiger partial charge on any atom is 0.243 e. The van der Waals surface area contributed by atoms with Gasteiger partial charge in [0, 0.05) is 18.0 Å². The quantitative estimate of drug-likeness (QED) is 0.832. The van der Waals surface area contributed by atoms with E-state index in [2.05, 4.69) is 0 Å². The van der Waals surface area contributed by atoms with Crippen LogP contribution < -0.4 is 0 Å². The third-order valence-electron chi connectivity index (χ3n) is 4.04. The standard InChI is InChI=1S/C18H18ClNO2S/c1-14-7-9-17(10-8-14)23(21,22)20-12-11-16(19)13-18(20)15-5-3-2-4-6-15/h2-11,18H,12-13H2,1H3. The molecule has 1 aliphatic rings. The summed E-state index contributed by atoms with van der Waals surface area (Å²) < 4.78 is 27.6. The fraction of sp³-hybridized carbons (Fsp3) is 0.222. The van der Waals surface area contributed by atoms with Gasteiger partial charge in [0.2, 0.25) is 10.0 Å². The van der Waals surface area contributed by atoms with Gasteiger partial charge in [0.25, 0.3) is 0 Å². The minimum Gasteiger partial charge on any atom is -0.207 e. The molecule has 23 heavy (non-hydrogen) atoms. The lowest BCUT2D eigenvalue weighted by Gasteiger charge is -2.33. The number of sulfonamides is 1. The first-order valence-electron chi connectivity index (χ1n) is 7.46. The van der Waals surface area contributed by atoms with E-state index in [1.54, 1.807) is 18.2 Å². The Hall–Kier alpha value is -1.62. The van der Waals surface area contributed by atoms with Gasteiger partial charge < -0.3 is 0 Å². The minimum atomic E-state index is -3.57. The van der Waals surface area contributed by atoms with Gasteiger partial charge >= 0.3 is 0 Å². The van der Waals surface area contributed by atoms with E-state index in [9.17, 15) is 8.42 Å². The summed E-state index contributed by atoms with van der Waals surface area (Å²) in [5, 5.41) is 0.703. The number of aryl methyl sites for hydroxylation is 1. The molecule has 0 spiro atoms. The molecule has 0 radical (unpaired) electrons. The van der Waals surface area contributed by atoms with E-state index in [-0.39, 0.29) is 12.6 Å². The Morgan fingerprint density at radius 2 is 1.70 bits per heavy atom. The van der Waals surface area contributed by atoms with E-state index in [0.717, 1.165) is 11.1 Å². The van der Waals surface area contributed by atoms with E-state index in [0.29, 0.717) is 16.3 Å². The van der Waals surface area contributed by atoms with Crippen molar-refractivity contribution in [1.29, 1.82) is 0 Å². The van der Waals surface area contributed by atoms with Gasteiger partial charge in [0.1, 0.15) is 0 Å².